The number of aliphatic hydroxyl groups is 1. The topological polar surface area (TPSA) is 32.7 Å². The third-order valence-corrected chi connectivity index (χ3v) is 2.36. The van der Waals surface area contributed by atoms with E-state index in [9.17, 15) is 0 Å². The van der Waals surface area contributed by atoms with Crippen LogP contribution in [0.1, 0.15) is 19.8 Å². The van der Waals surface area contributed by atoms with Crippen LogP contribution in [0.3, 0.4) is 0 Å². The summed E-state index contributed by atoms with van der Waals surface area (Å²) in [5.74, 6) is 0. The van der Waals surface area contributed by atoms with Crippen LogP contribution in [-0.2, 0) is 4.74 Å². The second kappa shape index (κ2) is 5.51. The Morgan fingerprint density at radius 1 is 1.50 bits per heavy atom. The molecule has 0 bridgehead atoms. The summed E-state index contributed by atoms with van der Waals surface area (Å²) in [7, 11) is 0. The molecule has 0 aliphatic carbocycles. The first-order valence-corrected chi connectivity index (χ1v) is 4.77. The first-order valence-electron chi connectivity index (χ1n) is 4.77. The zero-order valence-electron chi connectivity index (χ0n) is 7.83. The van der Waals surface area contributed by atoms with Crippen molar-refractivity contribution in [2.75, 3.05) is 32.9 Å². The van der Waals surface area contributed by atoms with Gasteiger partial charge in [-0.2, -0.15) is 0 Å². The van der Waals surface area contributed by atoms with Gasteiger partial charge in [0.15, 0.2) is 0 Å². The Kier molecular flexibility index (Phi) is 4.58. The Hall–Kier alpha value is -0.120. The van der Waals surface area contributed by atoms with Crippen LogP contribution in [0, 0.1) is 0 Å². The largest absolute Gasteiger partial charge is 0.396 e. The molecule has 0 aromatic rings. The minimum atomic E-state index is 0.318. The van der Waals surface area contributed by atoms with Crippen LogP contribution in [0.15, 0.2) is 0 Å². The van der Waals surface area contributed by atoms with Gasteiger partial charge in [0, 0.05) is 19.2 Å². The van der Waals surface area contributed by atoms with Crippen molar-refractivity contribution >= 4 is 0 Å². The number of morpholine rings is 1. The van der Waals surface area contributed by atoms with E-state index in [1.54, 1.807) is 0 Å². The van der Waals surface area contributed by atoms with E-state index in [2.05, 4.69) is 11.8 Å². The number of hydrogen-bond acceptors (Lipinski definition) is 3. The van der Waals surface area contributed by atoms with E-state index in [0.717, 1.165) is 39.1 Å². The van der Waals surface area contributed by atoms with Crippen LogP contribution in [-0.4, -0.2) is 49.0 Å². The number of hydrogen-bond donors (Lipinski definition) is 1. The molecular formula is C9H19NO2. The van der Waals surface area contributed by atoms with Crippen molar-refractivity contribution in [3.05, 3.63) is 0 Å². The predicted molar refractivity (Wildman–Crippen MR) is 48.2 cm³/mol. The molecule has 1 atom stereocenters. The van der Waals surface area contributed by atoms with Crippen LogP contribution in [0.5, 0.6) is 0 Å². The molecule has 3 heteroatoms. The standard InChI is InChI=1S/C9H19NO2/c1-9-8-12-7-5-10(9)4-2-3-6-11/h9,11H,2-8H2,1H3. The number of nitrogens with zero attached hydrogens (tertiary/aromatic N) is 1. The van der Waals surface area contributed by atoms with Gasteiger partial charge in [-0.1, -0.05) is 0 Å². The van der Waals surface area contributed by atoms with E-state index in [1.807, 2.05) is 0 Å². The average Bonchev–Trinajstić information content (AvgIpc) is 2.09. The van der Waals surface area contributed by atoms with Gasteiger partial charge in [0.25, 0.3) is 0 Å². The van der Waals surface area contributed by atoms with Gasteiger partial charge in [0.05, 0.1) is 13.2 Å². The minimum Gasteiger partial charge on any atom is -0.396 e. The summed E-state index contributed by atoms with van der Waals surface area (Å²) in [6, 6.07) is 0.553. The van der Waals surface area contributed by atoms with Gasteiger partial charge in [0.1, 0.15) is 0 Å². The molecule has 0 amide bonds. The van der Waals surface area contributed by atoms with Crippen LogP contribution >= 0.6 is 0 Å². The third-order valence-electron chi connectivity index (χ3n) is 2.36. The SMILES string of the molecule is CC1COCCN1CCCCO. The van der Waals surface area contributed by atoms with Crippen molar-refractivity contribution in [2.45, 2.75) is 25.8 Å². The molecule has 0 aromatic carbocycles. The number of rotatable bonds is 4. The average molecular weight is 173 g/mol. The lowest BCUT2D eigenvalue weighted by atomic mass is 10.2. The summed E-state index contributed by atoms with van der Waals surface area (Å²) in [6.07, 6.45) is 2.02. The van der Waals surface area contributed by atoms with Crippen LogP contribution < -0.4 is 0 Å². The van der Waals surface area contributed by atoms with Gasteiger partial charge < -0.3 is 9.84 Å². The molecule has 1 saturated heterocycles. The van der Waals surface area contributed by atoms with E-state index in [4.69, 9.17) is 9.84 Å². The van der Waals surface area contributed by atoms with Crippen LogP contribution in [0.2, 0.25) is 0 Å². The third kappa shape index (κ3) is 3.09. The molecule has 1 heterocycles. The zero-order chi connectivity index (χ0) is 8.81. The van der Waals surface area contributed by atoms with E-state index < -0.39 is 0 Å². The molecule has 1 fully saturated rings. The van der Waals surface area contributed by atoms with Crippen molar-refractivity contribution in [3.8, 4) is 0 Å². The number of ether oxygens (including phenoxy) is 1. The monoisotopic (exact) mass is 173 g/mol. The van der Waals surface area contributed by atoms with E-state index in [-0.39, 0.29) is 0 Å². The molecule has 1 rings (SSSR count). The van der Waals surface area contributed by atoms with Crippen molar-refractivity contribution in [3.63, 3.8) is 0 Å². The van der Waals surface area contributed by atoms with Crippen LogP contribution in [0.4, 0.5) is 0 Å². The summed E-state index contributed by atoms with van der Waals surface area (Å²) in [6.45, 7) is 6.39. The van der Waals surface area contributed by atoms with Gasteiger partial charge >= 0.3 is 0 Å². The van der Waals surface area contributed by atoms with Crippen molar-refractivity contribution in [1.82, 2.24) is 4.90 Å². The quantitative estimate of drug-likeness (QED) is 0.628. The smallest absolute Gasteiger partial charge is 0.0619 e. The van der Waals surface area contributed by atoms with Crippen molar-refractivity contribution < 1.29 is 9.84 Å². The minimum absolute atomic E-state index is 0.318. The Morgan fingerprint density at radius 3 is 3.00 bits per heavy atom. The maximum atomic E-state index is 8.62. The Morgan fingerprint density at radius 2 is 2.33 bits per heavy atom. The second-order valence-electron chi connectivity index (χ2n) is 3.39. The van der Waals surface area contributed by atoms with Gasteiger partial charge in [0.2, 0.25) is 0 Å². The highest BCUT2D eigenvalue weighted by Gasteiger charge is 2.17. The zero-order valence-corrected chi connectivity index (χ0v) is 7.83. The molecule has 1 unspecified atom stereocenters. The van der Waals surface area contributed by atoms with Crippen molar-refractivity contribution in [2.24, 2.45) is 0 Å². The molecule has 1 aliphatic rings. The van der Waals surface area contributed by atoms with E-state index >= 15 is 0 Å². The van der Waals surface area contributed by atoms with Crippen LogP contribution in [0.25, 0.3) is 0 Å². The molecular weight excluding hydrogens is 154 g/mol. The Bertz CT molecular complexity index is 119. The molecule has 12 heavy (non-hydrogen) atoms. The fourth-order valence-electron chi connectivity index (χ4n) is 1.52. The Labute approximate surface area is 74.3 Å². The number of aliphatic hydroxyl groups excluding tert-OH is 1. The highest BCUT2D eigenvalue weighted by atomic mass is 16.5. The molecule has 0 spiro atoms. The van der Waals surface area contributed by atoms with Gasteiger partial charge in [-0.15, -0.1) is 0 Å². The second-order valence-corrected chi connectivity index (χ2v) is 3.39. The lowest BCUT2D eigenvalue weighted by Crippen LogP contribution is -2.43. The summed E-state index contributed by atoms with van der Waals surface area (Å²) in [5.41, 5.74) is 0. The first kappa shape index (κ1) is 9.96. The van der Waals surface area contributed by atoms with Gasteiger partial charge in [-0.25, -0.2) is 0 Å². The maximum absolute atomic E-state index is 8.62. The van der Waals surface area contributed by atoms with Gasteiger partial charge in [-0.3, -0.25) is 4.90 Å². The molecule has 0 radical (unpaired) electrons. The van der Waals surface area contributed by atoms with E-state index in [1.165, 1.54) is 0 Å². The molecule has 1 aliphatic heterocycles. The highest BCUT2D eigenvalue weighted by Crippen LogP contribution is 2.06. The Balaban J connectivity index is 2.11. The summed E-state index contributed by atoms with van der Waals surface area (Å²) >= 11 is 0. The summed E-state index contributed by atoms with van der Waals surface area (Å²) in [5, 5.41) is 8.62. The molecule has 0 aromatic heterocycles. The van der Waals surface area contributed by atoms with Gasteiger partial charge in [-0.05, 0) is 26.3 Å². The number of unbranched alkanes of at least 4 members (excludes halogenated alkanes) is 1. The fraction of sp³-hybridized carbons (Fsp3) is 1.00. The maximum Gasteiger partial charge on any atom is 0.0619 e. The lowest BCUT2D eigenvalue weighted by Gasteiger charge is -2.33. The van der Waals surface area contributed by atoms with E-state index in [0.29, 0.717) is 12.6 Å². The molecule has 3 nitrogen and oxygen atoms in total. The molecule has 1 N–H and O–H groups in total. The summed E-state index contributed by atoms with van der Waals surface area (Å²) < 4.78 is 5.33. The molecule has 0 saturated carbocycles. The molecule has 72 valence electrons. The van der Waals surface area contributed by atoms with Crippen molar-refractivity contribution in [1.29, 1.82) is 0 Å². The fourth-order valence-corrected chi connectivity index (χ4v) is 1.52. The highest BCUT2D eigenvalue weighted by molar-refractivity contribution is 4.70. The normalized spacial score (nSPS) is 26.0. The first-order chi connectivity index (χ1) is 5.84. The predicted octanol–water partition coefficient (Wildman–Crippen LogP) is 0.480. The summed E-state index contributed by atoms with van der Waals surface area (Å²) in [4.78, 5) is 2.43. The lowest BCUT2D eigenvalue weighted by molar-refractivity contribution is -0.00128.